The molecule has 0 unspecified atom stereocenters. The summed E-state index contributed by atoms with van der Waals surface area (Å²) >= 11 is 3.20. The summed E-state index contributed by atoms with van der Waals surface area (Å²) in [6, 6.07) is 10.1. The highest BCUT2D eigenvalue weighted by molar-refractivity contribution is 7.98. The van der Waals surface area contributed by atoms with Crippen LogP contribution in [0.15, 0.2) is 50.8 Å². The van der Waals surface area contributed by atoms with Gasteiger partial charge in [0.25, 0.3) is 0 Å². The molecule has 0 saturated heterocycles. The maximum absolute atomic E-state index is 5.37. The van der Waals surface area contributed by atoms with Crippen molar-refractivity contribution < 1.29 is 9.26 Å². The molecule has 25 heavy (non-hydrogen) atoms. The summed E-state index contributed by atoms with van der Waals surface area (Å²) in [6.45, 7) is 1.39. The number of benzene rings is 1. The Morgan fingerprint density at radius 2 is 2.16 bits per heavy atom. The summed E-state index contributed by atoms with van der Waals surface area (Å²) < 4.78 is 12.8. The van der Waals surface area contributed by atoms with Crippen molar-refractivity contribution in [2.24, 2.45) is 0 Å². The zero-order valence-corrected chi connectivity index (χ0v) is 15.2. The van der Waals surface area contributed by atoms with Gasteiger partial charge >= 0.3 is 0 Å². The number of para-hydroxylation sites is 2. The second-order valence-electron chi connectivity index (χ2n) is 5.34. The molecule has 6 nitrogen and oxygen atoms in total. The zero-order valence-electron chi connectivity index (χ0n) is 13.6. The van der Waals surface area contributed by atoms with Crippen molar-refractivity contribution in [3.8, 4) is 11.4 Å². The molecule has 0 aliphatic heterocycles. The van der Waals surface area contributed by atoms with Crippen molar-refractivity contribution in [1.82, 2.24) is 19.7 Å². The lowest BCUT2D eigenvalue weighted by Crippen LogP contribution is -2.05. The minimum Gasteiger partial charge on any atom is -0.383 e. The standard InChI is InChI=1S/C17H16N4O2S2/c1-22-8-7-21-14-5-3-2-4-13(14)18-17(21)25-11-15-19-16(20-23-15)12-6-9-24-10-12/h2-6,9-10H,7-8,11H2,1H3. The van der Waals surface area contributed by atoms with E-state index < -0.39 is 0 Å². The lowest BCUT2D eigenvalue weighted by molar-refractivity contribution is 0.186. The molecule has 0 aliphatic rings. The quantitative estimate of drug-likeness (QED) is 0.455. The van der Waals surface area contributed by atoms with Gasteiger partial charge < -0.3 is 13.8 Å². The van der Waals surface area contributed by atoms with Gasteiger partial charge in [0.05, 0.1) is 23.4 Å². The Morgan fingerprint density at radius 3 is 3.00 bits per heavy atom. The number of aromatic nitrogens is 4. The van der Waals surface area contributed by atoms with Crippen LogP contribution in [0.2, 0.25) is 0 Å². The maximum Gasteiger partial charge on any atom is 0.237 e. The van der Waals surface area contributed by atoms with Gasteiger partial charge in [-0.3, -0.25) is 0 Å². The molecule has 1 aromatic carbocycles. The van der Waals surface area contributed by atoms with Crippen LogP contribution in [-0.4, -0.2) is 33.4 Å². The van der Waals surface area contributed by atoms with Crippen molar-refractivity contribution in [2.75, 3.05) is 13.7 Å². The van der Waals surface area contributed by atoms with E-state index in [0.717, 1.165) is 28.3 Å². The number of imidazole rings is 1. The van der Waals surface area contributed by atoms with Crippen molar-refractivity contribution in [2.45, 2.75) is 17.5 Å². The third-order valence-corrected chi connectivity index (χ3v) is 5.36. The topological polar surface area (TPSA) is 66.0 Å². The van der Waals surface area contributed by atoms with E-state index in [1.54, 1.807) is 30.2 Å². The van der Waals surface area contributed by atoms with E-state index in [0.29, 0.717) is 24.1 Å². The van der Waals surface area contributed by atoms with Crippen molar-refractivity contribution in [1.29, 1.82) is 0 Å². The van der Waals surface area contributed by atoms with Gasteiger partial charge in [-0.15, -0.1) is 0 Å². The smallest absolute Gasteiger partial charge is 0.237 e. The third kappa shape index (κ3) is 3.46. The number of thioether (sulfide) groups is 1. The normalized spacial score (nSPS) is 11.4. The summed E-state index contributed by atoms with van der Waals surface area (Å²) in [5.41, 5.74) is 3.06. The summed E-state index contributed by atoms with van der Waals surface area (Å²) in [7, 11) is 1.70. The lowest BCUT2D eigenvalue weighted by Gasteiger charge is -2.07. The molecule has 128 valence electrons. The number of fused-ring (bicyclic) bond motifs is 1. The highest BCUT2D eigenvalue weighted by Gasteiger charge is 2.14. The molecule has 0 fully saturated rings. The first-order valence-corrected chi connectivity index (χ1v) is 9.70. The number of hydrogen-bond acceptors (Lipinski definition) is 7. The van der Waals surface area contributed by atoms with Crippen molar-refractivity contribution in [3.63, 3.8) is 0 Å². The molecule has 0 atom stereocenters. The Bertz CT molecular complexity index is 962. The number of thiophene rings is 1. The summed E-state index contributed by atoms with van der Waals surface area (Å²) in [6.07, 6.45) is 0. The van der Waals surface area contributed by atoms with E-state index in [1.807, 2.05) is 35.0 Å². The van der Waals surface area contributed by atoms with Crippen LogP contribution >= 0.6 is 23.1 Å². The van der Waals surface area contributed by atoms with Gasteiger partial charge in [0.15, 0.2) is 5.16 Å². The number of rotatable bonds is 7. The molecule has 3 aromatic heterocycles. The van der Waals surface area contributed by atoms with E-state index in [4.69, 9.17) is 14.2 Å². The first-order valence-electron chi connectivity index (χ1n) is 7.77. The summed E-state index contributed by atoms with van der Waals surface area (Å²) in [4.78, 5) is 9.18. The Balaban J connectivity index is 1.54. The Hall–Kier alpha value is -2.16. The largest absolute Gasteiger partial charge is 0.383 e. The molecule has 0 amide bonds. The second kappa shape index (κ2) is 7.38. The highest BCUT2D eigenvalue weighted by atomic mass is 32.2. The number of nitrogens with zero attached hydrogens (tertiary/aromatic N) is 4. The first-order chi connectivity index (χ1) is 12.3. The zero-order chi connectivity index (χ0) is 17.1. The fourth-order valence-electron chi connectivity index (χ4n) is 2.51. The van der Waals surface area contributed by atoms with Crippen LogP contribution in [0.1, 0.15) is 5.89 Å². The van der Waals surface area contributed by atoms with Gasteiger partial charge in [-0.25, -0.2) is 4.98 Å². The fourth-order valence-corrected chi connectivity index (χ4v) is 4.02. The molecule has 3 heterocycles. The average Bonchev–Trinajstić information content (AvgIpc) is 3.36. The maximum atomic E-state index is 5.37. The molecule has 0 radical (unpaired) electrons. The Morgan fingerprint density at radius 1 is 1.24 bits per heavy atom. The van der Waals surface area contributed by atoms with Crippen LogP contribution in [0.4, 0.5) is 0 Å². The van der Waals surface area contributed by atoms with Gasteiger partial charge in [0.1, 0.15) is 0 Å². The van der Waals surface area contributed by atoms with E-state index in [-0.39, 0.29) is 0 Å². The van der Waals surface area contributed by atoms with E-state index in [2.05, 4.69) is 20.8 Å². The summed E-state index contributed by atoms with van der Waals surface area (Å²) in [5, 5.41) is 8.97. The van der Waals surface area contributed by atoms with Crippen molar-refractivity contribution >= 4 is 34.1 Å². The Labute approximate surface area is 152 Å². The number of hydrogen-bond donors (Lipinski definition) is 0. The minimum atomic E-state index is 0.577. The molecule has 4 aromatic rings. The number of methoxy groups -OCH3 is 1. The van der Waals surface area contributed by atoms with Crippen LogP contribution in [0.25, 0.3) is 22.4 Å². The van der Waals surface area contributed by atoms with Gasteiger partial charge in [0.2, 0.25) is 11.7 Å². The highest BCUT2D eigenvalue weighted by Crippen LogP contribution is 2.27. The van der Waals surface area contributed by atoms with Crippen molar-refractivity contribution in [3.05, 3.63) is 47.0 Å². The molecule has 0 spiro atoms. The van der Waals surface area contributed by atoms with Gasteiger partial charge in [-0.05, 0) is 23.6 Å². The SMILES string of the molecule is COCCn1c(SCc2nc(-c3ccsc3)no2)nc2ccccc21. The van der Waals surface area contributed by atoms with Crippen LogP contribution in [0.3, 0.4) is 0 Å². The molecule has 0 bridgehead atoms. The van der Waals surface area contributed by atoms with E-state index in [1.165, 1.54) is 0 Å². The summed E-state index contributed by atoms with van der Waals surface area (Å²) in [5.74, 6) is 1.80. The Kier molecular flexibility index (Phi) is 4.82. The fraction of sp³-hybridized carbons (Fsp3) is 0.235. The van der Waals surface area contributed by atoms with Gasteiger partial charge in [0, 0.05) is 24.6 Å². The molecule has 0 N–H and O–H groups in total. The lowest BCUT2D eigenvalue weighted by atomic mass is 10.3. The van der Waals surface area contributed by atoms with E-state index in [9.17, 15) is 0 Å². The minimum absolute atomic E-state index is 0.577. The van der Waals surface area contributed by atoms with Gasteiger partial charge in [-0.2, -0.15) is 16.3 Å². The van der Waals surface area contributed by atoms with Crippen LogP contribution in [0.5, 0.6) is 0 Å². The first kappa shape index (κ1) is 16.3. The second-order valence-corrected chi connectivity index (χ2v) is 7.06. The molecule has 0 saturated carbocycles. The predicted molar refractivity (Wildman–Crippen MR) is 98.8 cm³/mol. The number of ether oxygens (including phenoxy) is 1. The van der Waals surface area contributed by atoms with Gasteiger partial charge in [-0.1, -0.05) is 29.1 Å². The molecule has 0 aliphatic carbocycles. The monoisotopic (exact) mass is 372 g/mol. The van der Waals surface area contributed by atoms with E-state index >= 15 is 0 Å². The molecule has 8 heteroatoms. The van der Waals surface area contributed by atoms with Crippen LogP contribution < -0.4 is 0 Å². The molecular formula is C17H16N4O2S2. The molecule has 4 rings (SSSR count). The third-order valence-electron chi connectivity index (χ3n) is 3.71. The average molecular weight is 372 g/mol. The van der Waals surface area contributed by atoms with Crippen LogP contribution in [0, 0.1) is 0 Å². The predicted octanol–water partition coefficient (Wildman–Crippen LogP) is 4.09. The van der Waals surface area contributed by atoms with Crippen LogP contribution in [-0.2, 0) is 17.0 Å². The molecular weight excluding hydrogens is 356 g/mol.